The molecule has 0 spiro atoms. The van der Waals surface area contributed by atoms with Crippen LogP contribution in [0, 0.1) is 5.92 Å². The molecule has 1 N–H and O–H groups in total. The average Bonchev–Trinajstić information content (AvgIpc) is 2.21. The maximum absolute atomic E-state index is 12.2. The number of benzene rings is 1. The zero-order valence-corrected chi connectivity index (χ0v) is 12.0. The van der Waals surface area contributed by atoms with Crippen LogP contribution in [0.15, 0.2) is 12.1 Å². The molecule has 0 amide bonds. The molecular formula is C12H11Cl2F3O3. The lowest BCUT2D eigenvalue weighted by Crippen LogP contribution is -2.19. The van der Waals surface area contributed by atoms with Gasteiger partial charge in [-0.1, -0.05) is 37.0 Å². The predicted octanol–water partition coefficient (Wildman–Crippen LogP) is 4.72. The molecule has 1 rings (SSSR count). The Labute approximate surface area is 123 Å². The monoisotopic (exact) mass is 330 g/mol. The summed E-state index contributed by atoms with van der Waals surface area (Å²) in [4.78, 5) is 11.2. The number of carboxylic acids is 1. The van der Waals surface area contributed by atoms with Gasteiger partial charge in [-0.2, -0.15) is 0 Å². The van der Waals surface area contributed by atoms with Crippen LogP contribution in [0.2, 0.25) is 10.0 Å². The van der Waals surface area contributed by atoms with Crippen molar-refractivity contribution in [1.29, 1.82) is 0 Å². The van der Waals surface area contributed by atoms with Gasteiger partial charge in [0.2, 0.25) is 0 Å². The van der Waals surface area contributed by atoms with E-state index in [2.05, 4.69) is 4.74 Å². The smallest absolute Gasteiger partial charge is 0.481 e. The van der Waals surface area contributed by atoms with Crippen LogP contribution < -0.4 is 4.74 Å². The third-order valence-electron chi connectivity index (χ3n) is 2.53. The Morgan fingerprint density at radius 3 is 2.00 bits per heavy atom. The highest BCUT2D eigenvalue weighted by Crippen LogP contribution is 2.40. The largest absolute Gasteiger partial charge is 0.573 e. The van der Waals surface area contributed by atoms with E-state index in [1.807, 2.05) is 0 Å². The first kappa shape index (κ1) is 16.9. The van der Waals surface area contributed by atoms with Crippen molar-refractivity contribution in [2.75, 3.05) is 0 Å². The summed E-state index contributed by atoms with van der Waals surface area (Å²) in [5.74, 6) is -3.06. The number of hydrogen-bond donors (Lipinski definition) is 1. The van der Waals surface area contributed by atoms with Gasteiger partial charge < -0.3 is 9.84 Å². The summed E-state index contributed by atoms with van der Waals surface area (Å²) < 4.78 is 40.3. The lowest BCUT2D eigenvalue weighted by molar-refractivity contribution is -0.274. The molecule has 112 valence electrons. The minimum absolute atomic E-state index is 0.219. The summed E-state index contributed by atoms with van der Waals surface area (Å²) >= 11 is 11.4. The maximum atomic E-state index is 12.2. The fraction of sp³-hybridized carbons (Fsp3) is 0.417. The summed E-state index contributed by atoms with van der Waals surface area (Å²) in [7, 11) is 0. The van der Waals surface area contributed by atoms with E-state index in [1.165, 1.54) is 0 Å². The Hall–Kier alpha value is -1.14. The lowest BCUT2D eigenvalue weighted by Gasteiger charge is -2.19. The highest BCUT2D eigenvalue weighted by Gasteiger charge is 2.34. The van der Waals surface area contributed by atoms with Gasteiger partial charge in [0.1, 0.15) is 0 Å². The predicted molar refractivity (Wildman–Crippen MR) is 68.4 cm³/mol. The fourth-order valence-electron chi connectivity index (χ4n) is 1.78. The topological polar surface area (TPSA) is 46.5 Å². The Kier molecular flexibility index (Phi) is 5.15. The SMILES string of the molecule is CC(C)C(C(=O)O)c1cc(Cl)c(OC(F)(F)F)c(Cl)c1. The molecule has 0 aromatic heterocycles. The summed E-state index contributed by atoms with van der Waals surface area (Å²) in [6.45, 7) is 3.33. The van der Waals surface area contributed by atoms with Crippen LogP contribution in [-0.4, -0.2) is 17.4 Å². The van der Waals surface area contributed by atoms with Crippen LogP contribution in [0.4, 0.5) is 13.2 Å². The Bertz CT molecular complexity index is 492. The molecule has 0 radical (unpaired) electrons. The Morgan fingerprint density at radius 2 is 1.70 bits per heavy atom. The summed E-state index contributed by atoms with van der Waals surface area (Å²) in [6.07, 6.45) is -4.93. The molecule has 0 aliphatic carbocycles. The maximum Gasteiger partial charge on any atom is 0.573 e. The quantitative estimate of drug-likeness (QED) is 0.869. The van der Waals surface area contributed by atoms with Crippen LogP contribution >= 0.6 is 23.2 Å². The number of halogens is 5. The van der Waals surface area contributed by atoms with Gasteiger partial charge in [0.25, 0.3) is 0 Å². The number of carbonyl (C=O) groups is 1. The van der Waals surface area contributed by atoms with Gasteiger partial charge in [-0.15, -0.1) is 13.2 Å². The first-order valence-corrected chi connectivity index (χ1v) is 6.26. The molecule has 0 bridgehead atoms. The van der Waals surface area contributed by atoms with Crippen molar-refractivity contribution in [2.24, 2.45) is 5.92 Å². The third-order valence-corrected chi connectivity index (χ3v) is 3.09. The summed E-state index contributed by atoms with van der Waals surface area (Å²) in [5.41, 5.74) is 0.219. The zero-order chi connectivity index (χ0) is 15.7. The van der Waals surface area contributed by atoms with Crippen molar-refractivity contribution in [2.45, 2.75) is 26.1 Å². The van der Waals surface area contributed by atoms with E-state index in [0.29, 0.717) is 0 Å². The highest BCUT2D eigenvalue weighted by atomic mass is 35.5. The first-order valence-electron chi connectivity index (χ1n) is 5.50. The van der Waals surface area contributed by atoms with Crippen molar-refractivity contribution < 1.29 is 27.8 Å². The summed E-state index contributed by atoms with van der Waals surface area (Å²) in [6, 6.07) is 2.24. The van der Waals surface area contributed by atoms with Gasteiger partial charge >= 0.3 is 12.3 Å². The van der Waals surface area contributed by atoms with Crippen LogP contribution in [0.25, 0.3) is 0 Å². The van der Waals surface area contributed by atoms with Gasteiger partial charge in [-0.05, 0) is 23.6 Å². The van der Waals surface area contributed by atoms with E-state index in [0.717, 1.165) is 12.1 Å². The average molecular weight is 331 g/mol. The Balaban J connectivity index is 3.26. The van der Waals surface area contributed by atoms with E-state index in [-0.39, 0.29) is 11.5 Å². The third kappa shape index (κ3) is 4.18. The number of carboxylic acid groups (broad SMARTS) is 1. The fourth-order valence-corrected chi connectivity index (χ4v) is 2.37. The van der Waals surface area contributed by atoms with Crippen LogP contribution in [0.5, 0.6) is 5.75 Å². The molecule has 3 nitrogen and oxygen atoms in total. The number of alkyl halides is 3. The van der Waals surface area contributed by atoms with E-state index in [4.69, 9.17) is 28.3 Å². The van der Waals surface area contributed by atoms with Crippen molar-refractivity contribution in [3.63, 3.8) is 0 Å². The summed E-state index contributed by atoms with van der Waals surface area (Å²) in [5, 5.41) is 8.35. The van der Waals surface area contributed by atoms with Crippen LogP contribution in [0.3, 0.4) is 0 Å². The molecule has 20 heavy (non-hydrogen) atoms. The molecule has 0 fully saturated rings. The van der Waals surface area contributed by atoms with Crippen molar-refractivity contribution in [3.8, 4) is 5.75 Å². The molecule has 0 saturated heterocycles. The molecule has 0 aliphatic heterocycles. The number of rotatable bonds is 4. The number of ether oxygens (including phenoxy) is 1. The number of hydrogen-bond acceptors (Lipinski definition) is 2. The van der Waals surface area contributed by atoms with Gasteiger partial charge in [0.05, 0.1) is 16.0 Å². The second kappa shape index (κ2) is 6.10. The van der Waals surface area contributed by atoms with Crippen molar-refractivity contribution in [1.82, 2.24) is 0 Å². The molecule has 0 heterocycles. The standard InChI is InChI=1S/C12H11Cl2F3O3/c1-5(2)9(11(18)19)6-3-7(13)10(8(14)4-6)20-12(15,16)17/h3-5,9H,1-2H3,(H,18,19). The van der Waals surface area contributed by atoms with Gasteiger partial charge in [-0.3, -0.25) is 4.79 Å². The molecule has 1 unspecified atom stereocenters. The first-order chi connectivity index (χ1) is 9.03. The van der Waals surface area contributed by atoms with E-state index in [1.54, 1.807) is 13.8 Å². The second-order valence-corrected chi connectivity index (χ2v) is 5.24. The molecule has 0 aliphatic rings. The number of aliphatic carboxylic acids is 1. The molecule has 1 atom stereocenters. The zero-order valence-electron chi connectivity index (χ0n) is 10.5. The van der Waals surface area contributed by atoms with Crippen LogP contribution in [-0.2, 0) is 4.79 Å². The van der Waals surface area contributed by atoms with Crippen LogP contribution in [0.1, 0.15) is 25.3 Å². The minimum atomic E-state index is -4.93. The molecule has 0 saturated carbocycles. The molecule has 1 aromatic rings. The van der Waals surface area contributed by atoms with E-state index < -0.39 is 34.0 Å². The minimum Gasteiger partial charge on any atom is -0.481 e. The molecule has 1 aromatic carbocycles. The van der Waals surface area contributed by atoms with Crippen molar-refractivity contribution in [3.05, 3.63) is 27.7 Å². The van der Waals surface area contributed by atoms with Crippen molar-refractivity contribution >= 4 is 29.2 Å². The van der Waals surface area contributed by atoms with Gasteiger partial charge in [0, 0.05) is 0 Å². The lowest BCUT2D eigenvalue weighted by atomic mass is 9.88. The Morgan fingerprint density at radius 1 is 1.25 bits per heavy atom. The molecular weight excluding hydrogens is 320 g/mol. The molecule has 8 heteroatoms. The van der Waals surface area contributed by atoms with E-state index >= 15 is 0 Å². The van der Waals surface area contributed by atoms with Gasteiger partial charge in [-0.25, -0.2) is 0 Å². The van der Waals surface area contributed by atoms with E-state index in [9.17, 15) is 18.0 Å². The second-order valence-electron chi connectivity index (χ2n) is 4.42. The normalized spacial score (nSPS) is 13.4. The van der Waals surface area contributed by atoms with Gasteiger partial charge in [0.15, 0.2) is 5.75 Å². The highest BCUT2D eigenvalue weighted by molar-refractivity contribution is 6.37.